The molecule has 2 nitrogen and oxygen atoms in total. The monoisotopic (exact) mass is 239 g/mol. The van der Waals surface area contributed by atoms with E-state index in [2.05, 4.69) is 25.7 Å². The lowest BCUT2D eigenvalue weighted by molar-refractivity contribution is 0.162. The molecule has 0 aromatic heterocycles. The van der Waals surface area contributed by atoms with Crippen LogP contribution in [0.3, 0.4) is 0 Å². The van der Waals surface area contributed by atoms with Gasteiger partial charge in [0.2, 0.25) is 0 Å². The fourth-order valence-electron chi connectivity index (χ4n) is 2.20. The number of aromatic hydroxyl groups is 1. The van der Waals surface area contributed by atoms with Crippen LogP contribution in [0.15, 0.2) is 18.2 Å². The highest BCUT2D eigenvalue weighted by molar-refractivity contribution is 5.35. The van der Waals surface area contributed by atoms with E-state index in [4.69, 9.17) is 0 Å². The topological polar surface area (TPSA) is 23.5 Å². The lowest BCUT2D eigenvalue weighted by Gasteiger charge is -2.33. The van der Waals surface area contributed by atoms with Crippen molar-refractivity contribution in [1.29, 1.82) is 0 Å². The second-order valence-electron chi connectivity index (χ2n) is 4.71. The number of phenols is 1. The Morgan fingerprint density at radius 1 is 1.29 bits per heavy atom. The molecular weight excluding hydrogens is 217 g/mol. The van der Waals surface area contributed by atoms with E-state index in [1.807, 2.05) is 6.92 Å². The van der Waals surface area contributed by atoms with Crippen LogP contribution in [0.1, 0.15) is 45.7 Å². The van der Waals surface area contributed by atoms with Crippen LogP contribution in [0.4, 0.5) is 4.39 Å². The Hall–Kier alpha value is -1.09. The molecule has 0 aliphatic rings. The van der Waals surface area contributed by atoms with Crippen molar-refractivity contribution in [3.8, 4) is 5.75 Å². The van der Waals surface area contributed by atoms with E-state index in [1.54, 1.807) is 0 Å². The molecule has 0 amide bonds. The number of hydrogen-bond acceptors (Lipinski definition) is 2. The van der Waals surface area contributed by atoms with E-state index in [-0.39, 0.29) is 17.6 Å². The standard InChI is InChI=1S/C14H22FNO/c1-5-8-16(10(2)3)11(4)13-9-12(15)6-7-14(13)17/h6-7,9-11,17H,5,8H2,1-4H3. The third kappa shape index (κ3) is 3.43. The van der Waals surface area contributed by atoms with Gasteiger partial charge in [0.05, 0.1) is 0 Å². The smallest absolute Gasteiger partial charge is 0.123 e. The average molecular weight is 239 g/mol. The molecule has 0 heterocycles. The first-order chi connectivity index (χ1) is 7.97. The Morgan fingerprint density at radius 2 is 1.94 bits per heavy atom. The molecule has 1 N–H and O–H groups in total. The molecule has 0 spiro atoms. The van der Waals surface area contributed by atoms with Gasteiger partial charge in [0.15, 0.2) is 0 Å². The summed E-state index contributed by atoms with van der Waals surface area (Å²) in [7, 11) is 0. The number of nitrogens with zero attached hydrogens (tertiary/aromatic N) is 1. The van der Waals surface area contributed by atoms with E-state index in [1.165, 1.54) is 18.2 Å². The van der Waals surface area contributed by atoms with E-state index in [9.17, 15) is 9.50 Å². The zero-order chi connectivity index (χ0) is 13.0. The maximum absolute atomic E-state index is 13.2. The summed E-state index contributed by atoms with van der Waals surface area (Å²) >= 11 is 0. The molecule has 0 bridgehead atoms. The van der Waals surface area contributed by atoms with E-state index < -0.39 is 0 Å². The number of halogens is 1. The lowest BCUT2D eigenvalue weighted by Crippen LogP contribution is -2.34. The van der Waals surface area contributed by atoms with Crippen LogP contribution in [-0.4, -0.2) is 22.6 Å². The second-order valence-corrected chi connectivity index (χ2v) is 4.71. The Kier molecular flexibility index (Phi) is 4.94. The molecule has 1 unspecified atom stereocenters. The lowest BCUT2D eigenvalue weighted by atomic mass is 10.0. The average Bonchev–Trinajstić information content (AvgIpc) is 2.28. The third-order valence-electron chi connectivity index (χ3n) is 3.08. The fraction of sp³-hybridized carbons (Fsp3) is 0.571. The maximum atomic E-state index is 13.2. The Bertz CT molecular complexity index is 365. The molecule has 0 fully saturated rings. The van der Waals surface area contributed by atoms with Gasteiger partial charge in [0.1, 0.15) is 11.6 Å². The minimum atomic E-state index is -0.301. The summed E-state index contributed by atoms with van der Waals surface area (Å²) in [6.45, 7) is 9.29. The molecule has 1 aromatic carbocycles. The molecule has 3 heteroatoms. The highest BCUT2D eigenvalue weighted by atomic mass is 19.1. The van der Waals surface area contributed by atoms with Crippen molar-refractivity contribution in [2.45, 2.75) is 46.2 Å². The van der Waals surface area contributed by atoms with Gasteiger partial charge in [-0.25, -0.2) is 4.39 Å². The minimum Gasteiger partial charge on any atom is -0.508 e. The van der Waals surface area contributed by atoms with Crippen LogP contribution in [0, 0.1) is 5.82 Å². The number of phenolic OH excluding ortho intramolecular Hbond substituents is 1. The molecule has 1 rings (SSSR count). The summed E-state index contributed by atoms with van der Waals surface area (Å²) in [5.74, 6) is -0.134. The van der Waals surface area contributed by atoms with Crippen LogP contribution in [0.2, 0.25) is 0 Å². The zero-order valence-electron chi connectivity index (χ0n) is 11.1. The maximum Gasteiger partial charge on any atom is 0.123 e. The van der Waals surface area contributed by atoms with Gasteiger partial charge in [0.25, 0.3) is 0 Å². The Morgan fingerprint density at radius 3 is 2.47 bits per heavy atom. The zero-order valence-corrected chi connectivity index (χ0v) is 11.1. The van der Waals surface area contributed by atoms with Crippen LogP contribution in [0.5, 0.6) is 5.75 Å². The van der Waals surface area contributed by atoms with Crippen molar-refractivity contribution >= 4 is 0 Å². The molecular formula is C14H22FNO. The van der Waals surface area contributed by atoms with Gasteiger partial charge in [-0.3, -0.25) is 4.90 Å². The molecule has 1 aromatic rings. The first-order valence-corrected chi connectivity index (χ1v) is 6.21. The van der Waals surface area contributed by atoms with Crippen molar-refractivity contribution in [3.63, 3.8) is 0 Å². The van der Waals surface area contributed by atoms with Crippen LogP contribution >= 0.6 is 0 Å². The van der Waals surface area contributed by atoms with Crippen molar-refractivity contribution in [3.05, 3.63) is 29.6 Å². The first kappa shape index (κ1) is 14.0. The van der Waals surface area contributed by atoms with E-state index in [0.29, 0.717) is 11.6 Å². The summed E-state index contributed by atoms with van der Waals surface area (Å²) in [6.07, 6.45) is 1.04. The summed E-state index contributed by atoms with van der Waals surface area (Å²) < 4.78 is 13.2. The molecule has 1 atom stereocenters. The molecule has 0 saturated carbocycles. The van der Waals surface area contributed by atoms with Gasteiger partial charge in [-0.1, -0.05) is 6.92 Å². The fourth-order valence-corrected chi connectivity index (χ4v) is 2.20. The predicted octanol–water partition coefficient (Wildman–Crippen LogP) is 3.71. The van der Waals surface area contributed by atoms with Crippen molar-refractivity contribution in [2.24, 2.45) is 0 Å². The highest BCUT2D eigenvalue weighted by Crippen LogP contribution is 2.30. The summed E-state index contributed by atoms with van der Waals surface area (Å²) in [6, 6.07) is 4.51. The minimum absolute atomic E-state index is 0.0191. The van der Waals surface area contributed by atoms with Gasteiger partial charge in [-0.2, -0.15) is 0 Å². The van der Waals surface area contributed by atoms with Crippen molar-refractivity contribution in [1.82, 2.24) is 4.90 Å². The highest BCUT2D eigenvalue weighted by Gasteiger charge is 2.20. The van der Waals surface area contributed by atoms with Crippen LogP contribution in [-0.2, 0) is 0 Å². The van der Waals surface area contributed by atoms with Crippen molar-refractivity contribution < 1.29 is 9.50 Å². The van der Waals surface area contributed by atoms with Crippen molar-refractivity contribution in [2.75, 3.05) is 6.54 Å². The quantitative estimate of drug-likeness (QED) is 0.846. The third-order valence-corrected chi connectivity index (χ3v) is 3.08. The molecule has 0 aliphatic heterocycles. The number of hydrogen-bond donors (Lipinski definition) is 1. The number of rotatable bonds is 5. The predicted molar refractivity (Wildman–Crippen MR) is 68.6 cm³/mol. The first-order valence-electron chi connectivity index (χ1n) is 6.21. The Balaban J connectivity index is 2.99. The van der Waals surface area contributed by atoms with Gasteiger partial charge in [-0.05, 0) is 51.9 Å². The molecule has 96 valence electrons. The van der Waals surface area contributed by atoms with Gasteiger partial charge >= 0.3 is 0 Å². The molecule has 17 heavy (non-hydrogen) atoms. The summed E-state index contributed by atoms with van der Waals surface area (Å²) in [5.41, 5.74) is 0.659. The van der Waals surface area contributed by atoms with Gasteiger partial charge in [0, 0.05) is 17.6 Å². The molecule has 0 saturated heterocycles. The van der Waals surface area contributed by atoms with E-state index >= 15 is 0 Å². The van der Waals surface area contributed by atoms with E-state index in [0.717, 1.165) is 13.0 Å². The van der Waals surface area contributed by atoms with Crippen LogP contribution in [0.25, 0.3) is 0 Å². The summed E-state index contributed by atoms with van der Waals surface area (Å²) in [5, 5.41) is 9.81. The van der Waals surface area contributed by atoms with Gasteiger partial charge in [-0.15, -0.1) is 0 Å². The van der Waals surface area contributed by atoms with Crippen LogP contribution < -0.4 is 0 Å². The number of benzene rings is 1. The summed E-state index contributed by atoms with van der Waals surface area (Å²) in [4.78, 5) is 2.26. The SMILES string of the molecule is CCCN(C(C)C)C(C)c1cc(F)ccc1O. The van der Waals surface area contributed by atoms with Gasteiger partial charge < -0.3 is 5.11 Å². The molecule has 0 radical (unpaired) electrons. The second kappa shape index (κ2) is 6.01. The Labute approximate surface area is 103 Å². The molecule has 0 aliphatic carbocycles. The largest absolute Gasteiger partial charge is 0.508 e. The normalized spacial score (nSPS) is 13.4.